The van der Waals surface area contributed by atoms with E-state index in [1.807, 2.05) is 0 Å². The highest BCUT2D eigenvalue weighted by molar-refractivity contribution is 6.31. The van der Waals surface area contributed by atoms with Gasteiger partial charge in [-0.3, -0.25) is 14.7 Å². The van der Waals surface area contributed by atoms with Gasteiger partial charge in [-0.15, -0.1) is 17.4 Å². The summed E-state index contributed by atoms with van der Waals surface area (Å²) < 4.78 is 38.1. The first-order chi connectivity index (χ1) is 21.4. The van der Waals surface area contributed by atoms with Crippen molar-refractivity contribution in [1.82, 2.24) is 39.7 Å². The molecule has 3 aromatic heterocycles. The minimum absolute atomic E-state index is 0.136. The third-order valence-electron chi connectivity index (χ3n) is 7.02. The van der Waals surface area contributed by atoms with E-state index >= 15 is 4.39 Å². The highest BCUT2D eigenvalue weighted by atomic mass is 35.5. The maximum absolute atomic E-state index is 15.2. The third kappa shape index (κ3) is 5.65. The first kappa shape index (κ1) is 29.6. The minimum atomic E-state index is -1.28. The number of nitrogens with one attached hydrogen (secondary N) is 2. The predicted octanol–water partition coefficient (Wildman–Crippen LogP) is 4.95. The van der Waals surface area contributed by atoms with E-state index in [0.717, 1.165) is 0 Å². The molecule has 1 aliphatic rings. The van der Waals surface area contributed by atoms with E-state index in [9.17, 15) is 14.0 Å². The lowest BCUT2D eigenvalue weighted by molar-refractivity contribution is 0.0635. The topological polar surface area (TPSA) is 146 Å². The van der Waals surface area contributed by atoms with Gasteiger partial charge < -0.3 is 9.72 Å². The summed E-state index contributed by atoms with van der Waals surface area (Å²) in [5, 5.41) is 13.9. The molecule has 2 N–H and O–H groups in total. The molecule has 6 rings (SSSR count). The number of aromatic nitrogens is 8. The summed E-state index contributed by atoms with van der Waals surface area (Å²) >= 11 is 6.28. The molecule has 0 radical (unpaired) electrons. The van der Waals surface area contributed by atoms with Gasteiger partial charge in [0.15, 0.2) is 11.6 Å². The largest absolute Gasteiger partial charge is 0.444 e. The Balaban J connectivity index is 1.34. The van der Waals surface area contributed by atoms with Crippen molar-refractivity contribution in [2.75, 3.05) is 5.32 Å². The van der Waals surface area contributed by atoms with E-state index in [-0.39, 0.29) is 23.5 Å². The van der Waals surface area contributed by atoms with Gasteiger partial charge in [-0.1, -0.05) is 11.6 Å². The van der Waals surface area contributed by atoms with Crippen LogP contribution < -0.4 is 10.9 Å². The van der Waals surface area contributed by atoms with Crippen LogP contribution in [0.1, 0.15) is 38.5 Å². The van der Waals surface area contributed by atoms with Gasteiger partial charge in [0.25, 0.3) is 5.56 Å². The summed E-state index contributed by atoms with van der Waals surface area (Å²) in [6.45, 7) is 4.94. The van der Waals surface area contributed by atoms with Crippen molar-refractivity contribution in [2.45, 2.75) is 38.8 Å². The number of benzene rings is 2. The standard InChI is InChI=1S/C30H24ClF2N9O3/c1-5-15-10-23-36-20(18-11-16(31)6-9-22(18)41-14-35-39-40-41)12-24(43)42(23)27(15)28-34-13-21(37-28)17-7-8-19(26(33)25(17)32)38-29(44)45-30(2,3)4/h1,6-9,11-15,27H,10H2,2-4H3,(H,34,37)(H,38,44)/t15-,27-/m0/s1. The van der Waals surface area contributed by atoms with E-state index in [0.29, 0.717) is 27.8 Å². The Hall–Kier alpha value is -5.42. The first-order valence-corrected chi connectivity index (χ1v) is 14.0. The van der Waals surface area contributed by atoms with Crippen LogP contribution in [-0.4, -0.2) is 51.4 Å². The van der Waals surface area contributed by atoms with Crippen molar-refractivity contribution < 1.29 is 18.3 Å². The number of amides is 1. The second-order valence-electron chi connectivity index (χ2n) is 11.2. The smallest absolute Gasteiger partial charge is 0.412 e. The molecule has 0 spiro atoms. The predicted molar refractivity (Wildman–Crippen MR) is 160 cm³/mol. The zero-order valence-corrected chi connectivity index (χ0v) is 24.8. The Morgan fingerprint density at radius 3 is 2.69 bits per heavy atom. The molecule has 45 heavy (non-hydrogen) atoms. The van der Waals surface area contributed by atoms with Crippen molar-refractivity contribution in [3.05, 3.63) is 87.6 Å². The van der Waals surface area contributed by atoms with E-state index < -0.39 is 46.5 Å². The van der Waals surface area contributed by atoms with Crippen LogP contribution >= 0.6 is 11.6 Å². The number of terminal acetylenes is 1. The molecule has 2 aromatic carbocycles. The highest BCUT2D eigenvalue weighted by Crippen LogP contribution is 2.36. The fraction of sp³-hybridized carbons (Fsp3) is 0.233. The van der Waals surface area contributed by atoms with Crippen molar-refractivity contribution in [1.29, 1.82) is 0 Å². The van der Waals surface area contributed by atoms with Crippen LogP contribution in [0.5, 0.6) is 0 Å². The molecular weight excluding hydrogens is 608 g/mol. The Morgan fingerprint density at radius 1 is 1.18 bits per heavy atom. The number of anilines is 1. The average molecular weight is 632 g/mol. The van der Waals surface area contributed by atoms with Gasteiger partial charge in [0.05, 0.1) is 34.9 Å². The van der Waals surface area contributed by atoms with E-state index in [2.05, 4.69) is 36.7 Å². The summed E-state index contributed by atoms with van der Waals surface area (Å²) in [4.78, 5) is 37.8. The van der Waals surface area contributed by atoms with Crippen molar-refractivity contribution in [2.24, 2.45) is 5.92 Å². The second kappa shape index (κ2) is 11.3. The SMILES string of the molecule is C#C[C@H]1Cc2nc(-c3cc(Cl)ccc3-n3cnnn3)cc(=O)n2[C@@H]1c1ncc(-c2ccc(NC(=O)OC(C)(C)C)c(F)c2F)[nH]1. The second-order valence-corrected chi connectivity index (χ2v) is 11.6. The quantitative estimate of drug-likeness (QED) is 0.259. The van der Waals surface area contributed by atoms with Crippen LogP contribution in [0.15, 0.2) is 53.7 Å². The third-order valence-corrected chi connectivity index (χ3v) is 7.25. The number of hydrogen-bond acceptors (Lipinski definition) is 8. The summed E-state index contributed by atoms with van der Waals surface area (Å²) in [5.41, 5.74) is -0.210. The Bertz CT molecular complexity index is 2050. The first-order valence-electron chi connectivity index (χ1n) is 13.6. The fourth-order valence-electron chi connectivity index (χ4n) is 5.15. The van der Waals surface area contributed by atoms with Gasteiger partial charge in [-0.2, -0.15) is 4.68 Å². The zero-order chi connectivity index (χ0) is 32.0. The number of hydrogen-bond donors (Lipinski definition) is 2. The lowest BCUT2D eigenvalue weighted by Crippen LogP contribution is -2.27. The number of ether oxygens (including phenoxy) is 1. The number of imidazole rings is 1. The van der Waals surface area contributed by atoms with E-state index in [1.165, 1.54) is 40.0 Å². The number of fused-ring (bicyclic) bond motifs is 1. The number of H-pyrrole nitrogens is 1. The van der Waals surface area contributed by atoms with Crippen LogP contribution in [-0.2, 0) is 11.2 Å². The van der Waals surface area contributed by atoms with Gasteiger partial charge in [0, 0.05) is 28.6 Å². The molecule has 0 bridgehead atoms. The van der Waals surface area contributed by atoms with Gasteiger partial charge in [-0.05, 0) is 61.5 Å². The molecule has 0 fully saturated rings. The average Bonchev–Trinajstić information content (AvgIpc) is 3.74. The summed E-state index contributed by atoms with van der Waals surface area (Å²) in [7, 11) is 0. The summed E-state index contributed by atoms with van der Waals surface area (Å²) in [6.07, 6.45) is 7.91. The van der Waals surface area contributed by atoms with Crippen LogP contribution in [0, 0.1) is 29.9 Å². The molecule has 228 valence electrons. The number of carbonyl (C=O) groups excluding carboxylic acids is 1. The molecule has 2 atom stereocenters. The Labute approximate surface area is 259 Å². The molecule has 1 amide bonds. The number of aromatic amines is 1. The number of rotatable bonds is 5. The molecule has 1 aliphatic heterocycles. The normalized spacial score (nSPS) is 15.8. The molecule has 0 saturated heterocycles. The molecule has 5 aromatic rings. The van der Waals surface area contributed by atoms with Crippen LogP contribution in [0.2, 0.25) is 5.02 Å². The Kier molecular flexibility index (Phi) is 7.41. The molecule has 0 unspecified atom stereocenters. The number of tetrazole rings is 1. The summed E-state index contributed by atoms with van der Waals surface area (Å²) in [5.74, 6) is 0.338. The highest BCUT2D eigenvalue weighted by Gasteiger charge is 2.37. The van der Waals surface area contributed by atoms with E-state index in [4.69, 9.17) is 27.7 Å². The summed E-state index contributed by atoms with van der Waals surface area (Å²) in [6, 6.07) is 8.13. The lowest BCUT2D eigenvalue weighted by atomic mass is 10.0. The molecule has 12 nitrogen and oxygen atoms in total. The fourth-order valence-corrected chi connectivity index (χ4v) is 5.32. The van der Waals surface area contributed by atoms with Gasteiger partial charge >= 0.3 is 6.09 Å². The van der Waals surface area contributed by atoms with Crippen molar-refractivity contribution >= 4 is 23.4 Å². The zero-order valence-electron chi connectivity index (χ0n) is 24.0. The number of halogens is 3. The minimum Gasteiger partial charge on any atom is -0.444 e. The molecule has 0 saturated carbocycles. The Morgan fingerprint density at radius 2 is 1.98 bits per heavy atom. The maximum Gasteiger partial charge on any atom is 0.412 e. The van der Waals surface area contributed by atoms with Gasteiger partial charge in [-0.25, -0.2) is 23.5 Å². The van der Waals surface area contributed by atoms with Crippen molar-refractivity contribution in [3.8, 4) is 40.5 Å². The number of nitrogens with zero attached hydrogens (tertiary/aromatic N) is 7. The maximum atomic E-state index is 15.2. The monoisotopic (exact) mass is 631 g/mol. The molecular formula is C30H24ClF2N9O3. The molecule has 0 aliphatic carbocycles. The lowest BCUT2D eigenvalue weighted by Gasteiger charge is -2.20. The van der Waals surface area contributed by atoms with Crippen LogP contribution in [0.25, 0.3) is 28.2 Å². The van der Waals surface area contributed by atoms with Crippen LogP contribution in [0.4, 0.5) is 19.3 Å². The molecule has 4 heterocycles. The van der Waals surface area contributed by atoms with Gasteiger partial charge in [0.1, 0.15) is 29.6 Å². The van der Waals surface area contributed by atoms with Crippen molar-refractivity contribution in [3.63, 3.8) is 0 Å². The van der Waals surface area contributed by atoms with E-state index in [1.54, 1.807) is 39.0 Å². The molecule has 15 heteroatoms. The van der Waals surface area contributed by atoms with Crippen LogP contribution in [0.3, 0.4) is 0 Å². The number of carbonyl (C=O) groups is 1. The van der Waals surface area contributed by atoms with Gasteiger partial charge in [0.2, 0.25) is 0 Å².